The van der Waals surface area contributed by atoms with E-state index in [-0.39, 0.29) is 11.8 Å². The Morgan fingerprint density at radius 2 is 1.91 bits per heavy atom. The fraction of sp³-hybridized carbons (Fsp3) is 0.944. The van der Waals surface area contributed by atoms with Crippen molar-refractivity contribution in [2.45, 2.75) is 63.9 Å². The maximum absolute atomic E-state index is 12.0. The molecule has 4 nitrogen and oxygen atoms in total. The number of nitrogens with one attached hydrogen (secondary N) is 1. The number of amides is 1. The van der Waals surface area contributed by atoms with Gasteiger partial charge >= 0.3 is 0 Å². The maximum Gasteiger partial charge on any atom is 0.223 e. The van der Waals surface area contributed by atoms with E-state index < -0.39 is 0 Å². The highest BCUT2D eigenvalue weighted by Crippen LogP contribution is 2.36. The van der Waals surface area contributed by atoms with Crippen LogP contribution in [0.2, 0.25) is 0 Å². The number of piperidine rings is 2. The van der Waals surface area contributed by atoms with Crippen LogP contribution in [0.1, 0.15) is 57.8 Å². The van der Waals surface area contributed by atoms with Gasteiger partial charge in [0.1, 0.15) is 0 Å². The number of likely N-dealkylation sites (tertiary alicyclic amines) is 1. The lowest BCUT2D eigenvalue weighted by Gasteiger charge is -2.40. The molecule has 1 N–H and O–H groups in total. The zero-order valence-corrected chi connectivity index (χ0v) is 13.9. The minimum atomic E-state index is 0.223. The van der Waals surface area contributed by atoms with E-state index in [0.717, 1.165) is 45.3 Å². The molecular formula is C18H32N2O2. The van der Waals surface area contributed by atoms with Crippen LogP contribution in [0, 0.1) is 11.8 Å². The van der Waals surface area contributed by atoms with E-state index in [9.17, 15) is 4.79 Å². The molecule has 126 valence electrons. The van der Waals surface area contributed by atoms with Gasteiger partial charge in [0.25, 0.3) is 0 Å². The second-order valence-corrected chi connectivity index (χ2v) is 7.30. The van der Waals surface area contributed by atoms with Gasteiger partial charge in [0.05, 0.1) is 6.10 Å². The molecule has 0 bridgehead atoms. The SMILES string of the molecule is O=C1NCCC2C(OCCCCN3CCCCC3)CCCC12. The molecule has 0 aromatic rings. The Labute approximate surface area is 135 Å². The molecule has 0 radical (unpaired) electrons. The molecule has 3 unspecified atom stereocenters. The fourth-order valence-corrected chi connectivity index (χ4v) is 4.49. The summed E-state index contributed by atoms with van der Waals surface area (Å²) in [5.41, 5.74) is 0. The van der Waals surface area contributed by atoms with Gasteiger partial charge in [0, 0.05) is 19.1 Å². The predicted octanol–water partition coefficient (Wildman–Crippen LogP) is 2.57. The molecule has 3 aliphatic rings. The smallest absolute Gasteiger partial charge is 0.223 e. The van der Waals surface area contributed by atoms with E-state index >= 15 is 0 Å². The Balaban J connectivity index is 1.33. The summed E-state index contributed by atoms with van der Waals surface area (Å²) < 4.78 is 6.19. The lowest BCUT2D eigenvalue weighted by molar-refractivity contribution is -0.136. The number of rotatable bonds is 6. The normalized spacial score (nSPS) is 33.3. The van der Waals surface area contributed by atoms with Gasteiger partial charge in [0.15, 0.2) is 0 Å². The van der Waals surface area contributed by atoms with Crippen molar-refractivity contribution in [3.8, 4) is 0 Å². The Morgan fingerprint density at radius 3 is 2.77 bits per heavy atom. The number of carbonyl (C=O) groups is 1. The van der Waals surface area contributed by atoms with Crippen molar-refractivity contribution in [2.75, 3.05) is 32.8 Å². The van der Waals surface area contributed by atoms with Crippen molar-refractivity contribution in [1.82, 2.24) is 10.2 Å². The minimum Gasteiger partial charge on any atom is -0.378 e. The summed E-state index contributed by atoms with van der Waals surface area (Å²) in [6.45, 7) is 5.55. The first-order valence-electron chi connectivity index (χ1n) is 9.46. The van der Waals surface area contributed by atoms with Gasteiger partial charge in [-0.2, -0.15) is 0 Å². The van der Waals surface area contributed by atoms with E-state index in [1.807, 2.05) is 0 Å². The van der Waals surface area contributed by atoms with Gasteiger partial charge in [-0.05, 0) is 70.5 Å². The first kappa shape index (κ1) is 16.3. The predicted molar refractivity (Wildman–Crippen MR) is 87.7 cm³/mol. The summed E-state index contributed by atoms with van der Waals surface area (Å²) >= 11 is 0. The third-order valence-corrected chi connectivity index (χ3v) is 5.76. The van der Waals surface area contributed by atoms with Crippen LogP contribution in [0.15, 0.2) is 0 Å². The van der Waals surface area contributed by atoms with Crippen molar-refractivity contribution in [3.05, 3.63) is 0 Å². The topological polar surface area (TPSA) is 41.6 Å². The van der Waals surface area contributed by atoms with Crippen molar-refractivity contribution in [1.29, 1.82) is 0 Å². The third kappa shape index (κ3) is 4.23. The summed E-state index contributed by atoms with van der Waals surface area (Å²) in [6, 6.07) is 0. The lowest BCUT2D eigenvalue weighted by Crippen LogP contribution is -2.49. The molecule has 0 aromatic carbocycles. The average molecular weight is 308 g/mol. The van der Waals surface area contributed by atoms with Crippen LogP contribution in [0.3, 0.4) is 0 Å². The monoisotopic (exact) mass is 308 g/mol. The summed E-state index contributed by atoms with van der Waals surface area (Å²) in [6.07, 6.45) is 11.4. The first-order valence-corrected chi connectivity index (χ1v) is 9.46. The Bertz CT molecular complexity index is 355. The summed E-state index contributed by atoms with van der Waals surface area (Å²) in [5, 5.41) is 3.01. The highest BCUT2D eigenvalue weighted by Gasteiger charge is 2.39. The summed E-state index contributed by atoms with van der Waals surface area (Å²) in [7, 11) is 0. The molecule has 3 rings (SSSR count). The van der Waals surface area contributed by atoms with E-state index in [4.69, 9.17) is 4.74 Å². The molecular weight excluding hydrogens is 276 g/mol. The molecule has 2 heterocycles. The van der Waals surface area contributed by atoms with Gasteiger partial charge < -0.3 is 15.0 Å². The van der Waals surface area contributed by atoms with E-state index in [1.165, 1.54) is 45.3 Å². The lowest BCUT2D eigenvalue weighted by atomic mass is 9.73. The van der Waals surface area contributed by atoms with Gasteiger partial charge in [-0.1, -0.05) is 12.8 Å². The van der Waals surface area contributed by atoms with Crippen molar-refractivity contribution in [3.63, 3.8) is 0 Å². The van der Waals surface area contributed by atoms with Gasteiger partial charge in [-0.25, -0.2) is 0 Å². The molecule has 1 aliphatic carbocycles. The molecule has 2 saturated heterocycles. The number of ether oxygens (including phenoxy) is 1. The van der Waals surface area contributed by atoms with Crippen LogP contribution >= 0.6 is 0 Å². The van der Waals surface area contributed by atoms with Crippen molar-refractivity contribution >= 4 is 5.91 Å². The maximum atomic E-state index is 12.0. The molecule has 2 aliphatic heterocycles. The van der Waals surface area contributed by atoms with Crippen molar-refractivity contribution < 1.29 is 9.53 Å². The second kappa shape index (κ2) is 8.30. The molecule has 3 fully saturated rings. The molecule has 0 aromatic heterocycles. The Hall–Kier alpha value is -0.610. The zero-order valence-electron chi connectivity index (χ0n) is 13.9. The minimum absolute atomic E-state index is 0.223. The Kier molecular flexibility index (Phi) is 6.13. The highest BCUT2D eigenvalue weighted by molar-refractivity contribution is 5.79. The van der Waals surface area contributed by atoms with Crippen molar-refractivity contribution in [2.24, 2.45) is 11.8 Å². The summed E-state index contributed by atoms with van der Waals surface area (Å²) in [4.78, 5) is 14.6. The van der Waals surface area contributed by atoms with Crippen LogP contribution < -0.4 is 5.32 Å². The number of nitrogens with zero attached hydrogens (tertiary/aromatic N) is 1. The molecule has 1 saturated carbocycles. The molecule has 22 heavy (non-hydrogen) atoms. The van der Waals surface area contributed by atoms with Crippen LogP contribution in [0.5, 0.6) is 0 Å². The number of hydrogen-bond acceptors (Lipinski definition) is 3. The van der Waals surface area contributed by atoms with Crippen LogP contribution in [0.4, 0.5) is 0 Å². The largest absolute Gasteiger partial charge is 0.378 e. The van der Waals surface area contributed by atoms with E-state index in [0.29, 0.717) is 12.0 Å². The highest BCUT2D eigenvalue weighted by atomic mass is 16.5. The Morgan fingerprint density at radius 1 is 1.05 bits per heavy atom. The molecule has 1 amide bonds. The van der Waals surface area contributed by atoms with E-state index in [1.54, 1.807) is 0 Å². The third-order valence-electron chi connectivity index (χ3n) is 5.76. The molecule has 0 spiro atoms. The van der Waals surface area contributed by atoms with Crippen LogP contribution in [-0.4, -0.2) is 49.7 Å². The number of fused-ring (bicyclic) bond motifs is 1. The first-order chi connectivity index (χ1) is 10.8. The molecule has 3 atom stereocenters. The summed E-state index contributed by atoms with van der Waals surface area (Å²) in [5.74, 6) is 0.972. The fourth-order valence-electron chi connectivity index (χ4n) is 4.49. The van der Waals surface area contributed by atoms with Crippen LogP contribution in [0.25, 0.3) is 0 Å². The van der Waals surface area contributed by atoms with Crippen LogP contribution in [-0.2, 0) is 9.53 Å². The quantitative estimate of drug-likeness (QED) is 0.767. The average Bonchev–Trinajstić information content (AvgIpc) is 2.56. The van der Waals surface area contributed by atoms with E-state index in [2.05, 4.69) is 10.2 Å². The van der Waals surface area contributed by atoms with Gasteiger partial charge in [-0.3, -0.25) is 4.79 Å². The van der Waals surface area contributed by atoms with Gasteiger partial charge in [-0.15, -0.1) is 0 Å². The molecule has 4 heteroatoms. The number of unbranched alkanes of at least 4 members (excludes halogenated alkanes) is 1. The standard InChI is InChI=1S/C18H32N2O2/c21-18-16-7-6-8-17(15(16)9-10-19-18)22-14-5-4-13-20-11-2-1-3-12-20/h15-17H,1-14H2,(H,19,21). The zero-order chi connectivity index (χ0) is 15.2. The van der Waals surface area contributed by atoms with Gasteiger partial charge in [0.2, 0.25) is 5.91 Å². The second-order valence-electron chi connectivity index (χ2n) is 7.30. The number of hydrogen-bond donors (Lipinski definition) is 1. The number of carbonyl (C=O) groups excluding carboxylic acids is 1.